The molecule has 2 fully saturated rings. The molecule has 284 valence electrons. The van der Waals surface area contributed by atoms with Crippen molar-refractivity contribution in [3.63, 3.8) is 0 Å². The lowest BCUT2D eigenvalue weighted by Gasteiger charge is -2.35. The van der Waals surface area contributed by atoms with E-state index in [1.54, 1.807) is 6.92 Å². The van der Waals surface area contributed by atoms with Crippen molar-refractivity contribution in [1.82, 2.24) is 15.4 Å². The molecular formula is C43H45FN6O5. The molecule has 1 aromatic heterocycles. The van der Waals surface area contributed by atoms with E-state index in [9.17, 15) is 24.4 Å². The molecule has 1 unspecified atom stereocenters. The second-order valence-electron chi connectivity index (χ2n) is 15.3. The van der Waals surface area contributed by atoms with Crippen LogP contribution < -0.4 is 15.5 Å². The van der Waals surface area contributed by atoms with Gasteiger partial charge in [-0.05, 0) is 126 Å². The minimum atomic E-state index is -0.619. The van der Waals surface area contributed by atoms with Gasteiger partial charge in [-0.2, -0.15) is 5.26 Å². The Morgan fingerprint density at radius 1 is 1.05 bits per heavy atom. The summed E-state index contributed by atoms with van der Waals surface area (Å²) in [6, 6.07) is 19.3. The minimum absolute atomic E-state index is 0.00252. The van der Waals surface area contributed by atoms with Gasteiger partial charge in [0, 0.05) is 42.0 Å². The lowest BCUT2D eigenvalue weighted by molar-refractivity contribution is -0.125. The predicted octanol–water partition coefficient (Wildman–Crippen LogP) is 7.81. The Bertz CT molecular complexity index is 2180. The number of benzene rings is 3. The topological polar surface area (TPSA) is 149 Å². The van der Waals surface area contributed by atoms with Crippen LogP contribution in [0.25, 0.3) is 11.1 Å². The predicted molar refractivity (Wildman–Crippen MR) is 205 cm³/mol. The molecule has 3 aliphatic rings. The third-order valence-electron chi connectivity index (χ3n) is 11.6. The SMILES string of the molecule is Cc1ccc(-c2c(C)noc2C)cc1N(CC1CCC(Nc2cc3c(cc2F)C(=O)N(C(C)CCC(=O)NC=O)C3=O)CC1)c1ccc(C2(C#N)CC2)cc1. The van der Waals surface area contributed by atoms with Gasteiger partial charge in [-0.3, -0.25) is 29.4 Å². The number of aryl methyl sites for hydroxylation is 3. The zero-order chi connectivity index (χ0) is 39.0. The van der Waals surface area contributed by atoms with Crippen LogP contribution in [-0.4, -0.2) is 52.8 Å². The number of halogens is 1. The number of nitrogens with one attached hydrogen (secondary N) is 2. The summed E-state index contributed by atoms with van der Waals surface area (Å²) in [5.74, 6) is -1.14. The van der Waals surface area contributed by atoms with Crippen molar-refractivity contribution in [3.05, 3.63) is 94.1 Å². The van der Waals surface area contributed by atoms with Crippen molar-refractivity contribution in [2.45, 2.75) is 96.6 Å². The number of hydrogen-bond acceptors (Lipinski definition) is 9. The quantitative estimate of drug-likeness (QED) is 0.103. The smallest absolute Gasteiger partial charge is 0.261 e. The second-order valence-corrected chi connectivity index (χ2v) is 15.3. The van der Waals surface area contributed by atoms with E-state index in [1.807, 2.05) is 13.8 Å². The fourth-order valence-corrected chi connectivity index (χ4v) is 8.21. The molecule has 1 atom stereocenters. The second kappa shape index (κ2) is 15.1. The van der Waals surface area contributed by atoms with Crippen molar-refractivity contribution < 1.29 is 28.1 Å². The molecule has 2 saturated carbocycles. The lowest BCUT2D eigenvalue weighted by atomic mass is 9.85. The van der Waals surface area contributed by atoms with E-state index in [2.05, 4.69) is 76.1 Å². The summed E-state index contributed by atoms with van der Waals surface area (Å²) in [7, 11) is 0. The maximum atomic E-state index is 15.5. The Labute approximate surface area is 319 Å². The molecule has 2 heterocycles. The first-order valence-electron chi connectivity index (χ1n) is 19.0. The van der Waals surface area contributed by atoms with Gasteiger partial charge in [0.05, 0.1) is 34.0 Å². The van der Waals surface area contributed by atoms with Crippen molar-refractivity contribution in [2.24, 2.45) is 5.92 Å². The molecule has 0 radical (unpaired) electrons. The lowest BCUT2D eigenvalue weighted by Crippen LogP contribution is -2.38. The number of carbonyl (C=O) groups excluding carboxylic acids is 4. The summed E-state index contributed by atoms with van der Waals surface area (Å²) in [5.41, 5.74) is 7.10. The molecule has 55 heavy (non-hydrogen) atoms. The van der Waals surface area contributed by atoms with E-state index in [0.29, 0.717) is 12.3 Å². The van der Waals surface area contributed by atoms with Gasteiger partial charge >= 0.3 is 0 Å². The number of rotatable bonds is 13. The molecule has 0 spiro atoms. The number of nitriles is 1. The Balaban J connectivity index is 1.06. The van der Waals surface area contributed by atoms with E-state index < -0.39 is 29.6 Å². The standard InChI is InChI=1S/C43H45FN6O5/c1-25-5-9-30(40-27(3)48-55-28(40)4)19-38(25)49(33-14-10-31(11-15-33)43(23-45)17-18-43)22-29-7-12-32(13-8-29)47-37-21-35-34(20-36(37)44)41(53)50(42(35)54)26(2)6-16-39(52)46-24-51/h5,9-11,14-15,19-21,24,26,29,32,47H,6-8,12-13,16-18,22H2,1-4H3,(H,46,51,52). The number of hydrogen-bond donors (Lipinski definition) is 2. The number of aromatic nitrogens is 1. The number of imide groups is 2. The van der Waals surface area contributed by atoms with Crippen molar-refractivity contribution in [1.29, 1.82) is 5.26 Å². The minimum Gasteiger partial charge on any atom is -0.380 e. The highest BCUT2D eigenvalue weighted by Gasteiger charge is 2.45. The van der Waals surface area contributed by atoms with E-state index in [0.717, 1.165) is 101 Å². The summed E-state index contributed by atoms with van der Waals surface area (Å²) in [6.45, 7) is 8.39. The fraction of sp³-hybridized carbons (Fsp3) is 0.395. The average Bonchev–Trinajstić information content (AvgIpc) is 3.86. The molecule has 7 rings (SSSR count). The van der Waals surface area contributed by atoms with E-state index in [1.165, 1.54) is 6.07 Å². The molecule has 3 aromatic carbocycles. The van der Waals surface area contributed by atoms with Crippen LogP contribution >= 0.6 is 0 Å². The van der Waals surface area contributed by atoms with Gasteiger partial charge in [0.2, 0.25) is 12.3 Å². The number of fused-ring (bicyclic) bond motifs is 1. The summed E-state index contributed by atoms with van der Waals surface area (Å²) < 4.78 is 21.0. The summed E-state index contributed by atoms with van der Waals surface area (Å²) >= 11 is 0. The molecule has 2 N–H and O–H groups in total. The van der Waals surface area contributed by atoms with Crippen LogP contribution in [0.4, 0.5) is 21.5 Å². The van der Waals surface area contributed by atoms with Gasteiger partial charge in [0.1, 0.15) is 11.6 Å². The fourth-order valence-electron chi connectivity index (χ4n) is 8.21. The third kappa shape index (κ3) is 7.35. The van der Waals surface area contributed by atoms with Gasteiger partial charge < -0.3 is 14.7 Å². The van der Waals surface area contributed by atoms with Gasteiger partial charge in [0.15, 0.2) is 0 Å². The van der Waals surface area contributed by atoms with Crippen molar-refractivity contribution >= 4 is 41.2 Å². The molecule has 2 aliphatic carbocycles. The molecule has 0 saturated heterocycles. The average molecular weight is 745 g/mol. The maximum Gasteiger partial charge on any atom is 0.261 e. The van der Waals surface area contributed by atoms with E-state index in [-0.39, 0.29) is 41.1 Å². The Hall–Kier alpha value is -5.83. The number of carbonyl (C=O) groups is 4. The molecule has 12 heteroatoms. The largest absolute Gasteiger partial charge is 0.380 e. The van der Waals surface area contributed by atoms with Crippen LogP contribution in [0.1, 0.15) is 102 Å². The van der Waals surface area contributed by atoms with Crippen molar-refractivity contribution in [2.75, 3.05) is 16.8 Å². The summed E-state index contributed by atoms with van der Waals surface area (Å²) in [5, 5.41) is 19.4. The van der Waals surface area contributed by atoms with Crippen LogP contribution in [0.2, 0.25) is 0 Å². The first kappa shape index (κ1) is 37.5. The summed E-state index contributed by atoms with van der Waals surface area (Å²) in [4.78, 5) is 52.2. The van der Waals surface area contributed by atoms with Crippen LogP contribution in [0.15, 0.2) is 59.1 Å². The van der Waals surface area contributed by atoms with E-state index >= 15 is 4.39 Å². The number of nitrogens with zero attached hydrogens (tertiary/aromatic N) is 4. The molecule has 4 aromatic rings. The molecule has 1 aliphatic heterocycles. The first-order chi connectivity index (χ1) is 26.4. The normalized spacial score (nSPS) is 19.0. The van der Waals surface area contributed by atoms with Gasteiger partial charge in [0.25, 0.3) is 11.8 Å². The van der Waals surface area contributed by atoms with Gasteiger partial charge in [-0.15, -0.1) is 0 Å². The van der Waals surface area contributed by atoms with Crippen LogP contribution in [0.3, 0.4) is 0 Å². The highest BCUT2D eigenvalue weighted by molar-refractivity contribution is 6.22. The zero-order valence-electron chi connectivity index (χ0n) is 31.6. The molecule has 4 amide bonds. The monoisotopic (exact) mass is 744 g/mol. The Morgan fingerprint density at radius 3 is 2.36 bits per heavy atom. The molecule has 0 bridgehead atoms. The highest BCUT2D eigenvalue weighted by atomic mass is 19.1. The number of amides is 4. The molecular weight excluding hydrogens is 700 g/mol. The van der Waals surface area contributed by atoms with Crippen LogP contribution in [-0.2, 0) is 15.0 Å². The van der Waals surface area contributed by atoms with Crippen LogP contribution in [0, 0.1) is 43.8 Å². The third-order valence-corrected chi connectivity index (χ3v) is 11.6. The zero-order valence-corrected chi connectivity index (χ0v) is 31.6. The van der Waals surface area contributed by atoms with Gasteiger partial charge in [-0.25, -0.2) is 4.39 Å². The summed E-state index contributed by atoms with van der Waals surface area (Å²) in [6.07, 6.45) is 5.53. The van der Waals surface area contributed by atoms with Crippen LogP contribution in [0.5, 0.6) is 0 Å². The van der Waals surface area contributed by atoms with E-state index in [4.69, 9.17) is 4.52 Å². The Morgan fingerprint density at radius 2 is 1.75 bits per heavy atom. The van der Waals surface area contributed by atoms with Gasteiger partial charge in [-0.1, -0.05) is 29.4 Å². The van der Waals surface area contributed by atoms with Crippen molar-refractivity contribution in [3.8, 4) is 17.2 Å². The maximum absolute atomic E-state index is 15.5. The molecule has 11 nitrogen and oxygen atoms in total. The highest BCUT2D eigenvalue weighted by Crippen LogP contribution is 2.48. The first-order valence-corrected chi connectivity index (χ1v) is 19.0. The Kier molecular flexibility index (Phi) is 10.3. The number of anilines is 3.